The Balaban J connectivity index is 2.24. The van der Waals surface area contributed by atoms with Crippen LogP contribution in [0.5, 0.6) is 0 Å². The van der Waals surface area contributed by atoms with E-state index < -0.39 is 17.4 Å². The van der Waals surface area contributed by atoms with Gasteiger partial charge in [-0.3, -0.25) is 19.6 Å². The summed E-state index contributed by atoms with van der Waals surface area (Å²) in [5.74, 6) is -1.02. The van der Waals surface area contributed by atoms with Gasteiger partial charge in [-0.05, 0) is 50.6 Å². The SMILES string of the molecule is CC(C)(C)NC(=O)c1cccn(Cc2ccc(C(=O)NO)cc2)c1=O. The molecule has 0 saturated carbocycles. The van der Waals surface area contributed by atoms with Crippen molar-refractivity contribution >= 4 is 11.8 Å². The van der Waals surface area contributed by atoms with Gasteiger partial charge < -0.3 is 9.88 Å². The molecule has 0 bridgehead atoms. The molecule has 7 nitrogen and oxygen atoms in total. The second kappa shape index (κ2) is 7.31. The van der Waals surface area contributed by atoms with Crippen LogP contribution in [0.2, 0.25) is 0 Å². The van der Waals surface area contributed by atoms with E-state index in [1.165, 1.54) is 10.6 Å². The summed E-state index contributed by atoms with van der Waals surface area (Å²) in [5, 5.41) is 11.4. The first-order valence-electron chi connectivity index (χ1n) is 7.76. The third kappa shape index (κ3) is 4.77. The van der Waals surface area contributed by atoms with Gasteiger partial charge >= 0.3 is 0 Å². The number of nitrogens with one attached hydrogen (secondary N) is 2. The topological polar surface area (TPSA) is 100 Å². The van der Waals surface area contributed by atoms with Crippen LogP contribution in [0.1, 0.15) is 47.1 Å². The second-order valence-corrected chi connectivity index (χ2v) is 6.70. The summed E-state index contributed by atoms with van der Waals surface area (Å²) in [5.41, 5.74) is 1.90. The van der Waals surface area contributed by atoms with E-state index in [1.807, 2.05) is 20.8 Å². The molecule has 0 saturated heterocycles. The Morgan fingerprint density at radius 3 is 2.28 bits per heavy atom. The van der Waals surface area contributed by atoms with Gasteiger partial charge in [-0.2, -0.15) is 0 Å². The smallest absolute Gasteiger partial charge is 0.274 e. The number of hydrogen-bond donors (Lipinski definition) is 3. The van der Waals surface area contributed by atoms with Gasteiger partial charge in [-0.25, -0.2) is 5.48 Å². The van der Waals surface area contributed by atoms with E-state index in [-0.39, 0.29) is 17.7 Å². The molecule has 0 radical (unpaired) electrons. The Morgan fingerprint density at radius 2 is 1.72 bits per heavy atom. The molecule has 0 fully saturated rings. The Kier molecular flexibility index (Phi) is 5.38. The largest absolute Gasteiger partial charge is 0.347 e. The lowest BCUT2D eigenvalue weighted by Gasteiger charge is -2.20. The summed E-state index contributed by atoms with van der Waals surface area (Å²) in [6.07, 6.45) is 1.60. The fraction of sp³-hybridized carbons (Fsp3) is 0.278. The molecule has 0 spiro atoms. The lowest BCUT2D eigenvalue weighted by atomic mass is 10.1. The minimum absolute atomic E-state index is 0.0775. The van der Waals surface area contributed by atoms with Crippen molar-refractivity contribution in [3.8, 4) is 0 Å². The van der Waals surface area contributed by atoms with E-state index in [9.17, 15) is 14.4 Å². The van der Waals surface area contributed by atoms with E-state index in [4.69, 9.17) is 5.21 Å². The van der Waals surface area contributed by atoms with E-state index in [2.05, 4.69) is 5.32 Å². The fourth-order valence-corrected chi connectivity index (χ4v) is 2.26. The maximum Gasteiger partial charge on any atom is 0.274 e. The van der Waals surface area contributed by atoms with Crippen LogP contribution in [0, 0.1) is 0 Å². The molecule has 1 aromatic carbocycles. The average molecular weight is 343 g/mol. The van der Waals surface area contributed by atoms with Crippen molar-refractivity contribution in [2.45, 2.75) is 32.9 Å². The summed E-state index contributed by atoms with van der Waals surface area (Å²) in [6, 6.07) is 9.59. The van der Waals surface area contributed by atoms with Crippen LogP contribution in [0.25, 0.3) is 0 Å². The Morgan fingerprint density at radius 1 is 1.08 bits per heavy atom. The minimum atomic E-state index is -0.607. The van der Waals surface area contributed by atoms with Crippen LogP contribution in [0.3, 0.4) is 0 Å². The number of carbonyl (C=O) groups excluding carboxylic acids is 2. The normalized spacial score (nSPS) is 11.0. The van der Waals surface area contributed by atoms with Crippen molar-refractivity contribution in [1.82, 2.24) is 15.4 Å². The zero-order chi connectivity index (χ0) is 18.6. The van der Waals surface area contributed by atoms with E-state index >= 15 is 0 Å². The highest BCUT2D eigenvalue weighted by Gasteiger charge is 2.18. The molecule has 132 valence electrons. The third-order valence-corrected chi connectivity index (χ3v) is 3.42. The molecule has 2 amide bonds. The number of amides is 2. The van der Waals surface area contributed by atoms with Crippen molar-refractivity contribution in [1.29, 1.82) is 0 Å². The first kappa shape index (κ1) is 18.4. The van der Waals surface area contributed by atoms with Crippen molar-refractivity contribution in [3.05, 3.63) is 69.6 Å². The predicted octanol–water partition coefficient (Wildman–Crippen LogP) is 1.54. The Hall–Kier alpha value is -2.93. The molecule has 3 N–H and O–H groups in total. The van der Waals surface area contributed by atoms with Crippen LogP contribution in [0.15, 0.2) is 47.4 Å². The number of aromatic nitrogens is 1. The minimum Gasteiger partial charge on any atom is -0.347 e. The van der Waals surface area contributed by atoms with E-state index in [0.717, 1.165) is 5.56 Å². The number of nitrogens with zero attached hydrogens (tertiary/aromatic N) is 1. The van der Waals surface area contributed by atoms with Crippen LogP contribution >= 0.6 is 0 Å². The molecule has 0 atom stereocenters. The third-order valence-electron chi connectivity index (χ3n) is 3.42. The number of rotatable bonds is 4. The van der Waals surface area contributed by atoms with Gasteiger partial charge in [0.25, 0.3) is 17.4 Å². The molecule has 2 aromatic rings. The van der Waals surface area contributed by atoms with Crippen molar-refractivity contribution in [3.63, 3.8) is 0 Å². The quantitative estimate of drug-likeness (QED) is 0.579. The molecule has 1 heterocycles. The van der Waals surface area contributed by atoms with Crippen LogP contribution < -0.4 is 16.4 Å². The number of benzene rings is 1. The zero-order valence-corrected chi connectivity index (χ0v) is 14.4. The standard InChI is InChI=1S/C18H21N3O4/c1-18(2,3)19-16(23)14-5-4-10-21(17(14)24)11-12-6-8-13(9-7-12)15(22)20-25/h4-10,25H,11H2,1-3H3,(H,19,23)(H,20,22). The van der Waals surface area contributed by atoms with Crippen molar-refractivity contribution in [2.75, 3.05) is 0 Å². The van der Waals surface area contributed by atoms with Gasteiger partial charge in [0.15, 0.2) is 0 Å². The van der Waals surface area contributed by atoms with Gasteiger partial charge in [0.2, 0.25) is 0 Å². The first-order valence-corrected chi connectivity index (χ1v) is 7.76. The highest BCUT2D eigenvalue weighted by Crippen LogP contribution is 2.07. The van der Waals surface area contributed by atoms with E-state index in [0.29, 0.717) is 5.56 Å². The van der Waals surface area contributed by atoms with Crippen LogP contribution in [-0.2, 0) is 6.54 Å². The monoisotopic (exact) mass is 343 g/mol. The van der Waals surface area contributed by atoms with Crippen molar-refractivity contribution < 1.29 is 14.8 Å². The summed E-state index contributed by atoms with van der Waals surface area (Å²) >= 11 is 0. The summed E-state index contributed by atoms with van der Waals surface area (Å²) in [6.45, 7) is 5.79. The van der Waals surface area contributed by atoms with Gasteiger partial charge in [0, 0.05) is 17.3 Å². The molecule has 25 heavy (non-hydrogen) atoms. The lowest BCUT2D eigenvalue weighted by molar-refractivity contribution is 0.0706. The van der Waals surface area contributed by atoms with E-state index in [1.54, 1.807) is 42.0 Å². The lowest BCUT2D eigenvalue weighted by Crippen LogP contribution is -2.43. The second-order valence-electron chi connectivity index (χ2n) is 6.70. The molecule has 0 aliphatic rings. The molecule has 0 aliphatic carbocycles. The number of hydroxylamine groups is 1. The van der Waals surface area contributed by atoms with Crippen molar-refractivity contribution in [2.24, 2.45) is 0 Å². The van der Waals surface area contributed by atoms with Crippen LogP contribution in [-0.4, -0.2) is 27.1 Å². The number of pyridine rings is 1. The molecule has 7 heteroatoms. The van der Waals surface area contributed by atoms with Gasteiger partial charge in [-0.15, -0.1) is 0 Å². The van der Waals surface area contributed by atoms with Gasteiger partial charge in [-0.1, -0.05) is 12.1 Å². The van der Waals surface area contributed by atoms with Crippen LogP contribution in [0.4, 0.5) is 0 Å². The molecule has 1 aromatic heterocycles. The molecule has 2 rings (SSSR count). The predicted molar refractivity (Wildman–Crippen MR) is 92.7 cm³/mol. The number of hydrogen-bond acceptors (Lipinski definition) is 4. The summed E-state index contributed by atoms with van der Waals surface area (Å²) < 4.78 is 1.43. The van der Waals surface area contributed by atoms with Gasteiger partial charge in [0.1, 0.15) is 5.56 Å². The highest BCUT2D eigenvalue weighted by atomic mass is 16.5. The Bertz CT molecular complexity index is 833. The average Bonchev–Trinajstić information content (AvgIpc) is 2.55. The summed E-state index contributed by atoms with van der Waals surface area (Å²) in [4.78, 5) is 36.1. The maximum atomic E-state index is 12.5. The molecule has 0 aliphatic heterocycles. The molecule has 0 unspecified atom stereocenters. The fourth-order valence-electron chi connectivity index (χ4n) is 2.26. The van der Waals surface area contributed by atoms with Gasteiger partial charge in [0.05, 0.1) is 6.54 Å². The number of carbonyl (C=O) groups is 2. The molecular formula is C18H21N3O4. The Labute approximate surface area is 145 Å². The highest BCUT2D eigenvalue weighted by molar-refractivity contribution is 5.94. The summed E-state index contributed by atoms with van der Waals surface area (Å²) in [7, 11) is 0. The zero-order valence-electron chi connectivity index (χ0n) is 14.4. The molecular weight excluding hydrogens is 322 g/mol. The first-order chi connectivity index (χ1) is 11.7. The maximum absolute atomic E-state index is 12.5.